The summed E-state index contributed by atoms with van der Waals surface area (Å²) in [5.41, 5.74) is 2.34. The number of anilines is 1. The Hall–Kier alpha value is -2.75. The van der Waals surface area contributed by atoms with E-state index in [9.17, 15) is 4.79 Å². The lowest BCUT2D eigenvalue weighted by molar-refractivity contribution is 0.102. The molecular weight excluding hydrogens is 376 g/mol. The van der Waals surface area contributed by atoms with Crippen molar-refractivity contribution in [3.63, 3.8) is 0 Å². The number of ether oxygens (including phenoxy) is 1. The minimum Gasteiger partial charge on any atom is -0.481 e. The van der Waals surface area contributed by atoms with Crippen LogP contribution in [0.3, 0.4) is 0 Å². The molecule has 0 fully saturated rings. The van der Waals surface area contributed by atoms with E-state index in [4.69, 9.17) is 11.2 Å². The molecule has 0 saturated carbocycles. The number of aromatic nitrogens is 1. The van der Waals surface area contributed by atoms with Gasteiger partial charge in [0, 0.05) is 33.3 Å². The molecule has 0 spiro atoms. The lowest BCUT2D eigenvalue weighted by Gasteiger charge is -2.08. The van der Waals surface area contributed by atoms with Crippen molar-refractivity contribution in [2.75, 3.05) is 11.9 Å². The second-order valence-electron chi connectivity index (χ2n) is 5.65. The Morgan fingerprint density at radius 3 is 2.81 bits per heavy atom. The van der Waals surface area contributed by atoms with Crippen LogP contribution in [0, 0.1) is 19.3 Å². The zero-order valence-corrected chi connectivity index (χ0v) is 16.4. The summed E-state index contributed by atoms with van der Waals surface area (Å²) in [7, 11) is 0. The normalized spacial score (nSPS) is 10.2. The zero-order chi connectivity index (χ0) is 19.1. The van der Waals surface area contributed by atoms with Crippen molar-refractivity contribution in [3.8, 4) is 18.1 Å². The average Bonchev–Trinajstić information content (AvgIpc) is 3.10. The summed E-state index contributed by atoms with van der Waals surface area (Å²) in [6.45, 7) is 2.19. The molecule has 136 valence electrons. The first-order valence-electron chi connectivity index (χ1n) is 8.25. The summed E-state index contributed by atoms with van der Waals surface area (Å²) >= 11 is 3.36. The highest BCUT2D eigenvalue weighted by Crippen LogP contribution is 2.24. The average molecular weight is 395 g/mol. The fourth-order valence-corrected chi connectivity index (χ4v) is 3.84. The third-order valence-corrected chi connectivity index (χ3v) is 5.45. The quantitative estimate of drug-likeness (QED) is 0.452. The van der Waals surface area contributed by atoms with Gasteiger partial charge >= 0.3 is 0 Å². The van der Waals surface area contributed by atoms with Crippen LogP contribution in [0.25, 0.3) is 0 Å². The Labute approximate surface area is 167 Å². The minimum absolute atomic E-state index is 0.171. The van der Waals surface area contributed by atoms with Crippen LogP contribution in [0.4, 0.5) is 5.69 Å². The Balaban J connectivity index is 1.58. The monoisotopic (exact) mass is 394 g/mol. The molecular formula is C21H18N2O2S2. The molecule has 0 saturated heterocycles. The summed E-state index contributed by atoms with van der Waals surface area (Å²) < 4.78 is 5.37. The maximum absolute atomic E-state index is 12.4. The Kier molecular flexibility index (Phi) is 6.53. The topological polar surface area (TPSA) is 51.2 Å². The van der Waals surface area contributed by atoms with Gasteiger partial charge in [-0.15, -0.1) is 29.5 Å². The molecule has 0 aliphatic carbocycles. The number of amides is 1. The van der Waals surface area contributed by atoms with Crippen molar-refractivity contribution < 1.29 is 9.53 Å². The van der Waals surface area contributed by atoms with Gasteiger partial charge in [0.1, 0.15) is 12.4 Å². The van der Waals surface area contributed by atoms with Crippen LogP contribution < -0.4 is 10.1 Å². The highest BCUT2D eigenvalue weighted by Gasteiger charge is 2.07. The fourth-order valence-electron chi connectivity index (χ4n) is 2.33. The molecule has 1 N–H and O–H groups in total. The molecule has 3 rings (SSSR count). The lowest BCUT2D eigenvalue weighted by atomic mass is 10.2. The number of benzene rings is 2. The number of thiazole rings is 1. The predicted molar refractivity (Wildman–Crippen MR) is 112 cm³/mol. The summed E-state index contributed by atoms with van der Waals surface area (Å²) in [4.78, 5) is 18.0. The predicted octanol–water partition coefficient (Wildman–Crippen LogP) is 5.01. The van der Waals surface area contributed by atoms with E-state index >= 15 is 0 Å². The van der Waals surface area contributed by atoms with Crippen molar-refractivity contribution in [3.05, 3.63) is 70.2 Å². The van der Waals surface area contributed by atoms with E-state index in [0.29, 0.717) is 17.0 Å². The van der Waals surface area contributed by atoms with Crippen LogP contribution in [0.1, 0.15) is 21.1 Å². The maximum Gasteiger partial charge on any atom is 0.255 e. The number of nitrogens with one attached hydrogen (secondary N) is 1. The molecule has 4 nitrogen and oxygen atoms in total. The number of rotatable bonds is 7. The van der Waals surface area contributed by atoms with Gasteiger partial charge in [0.15, 0.2) is 0 Å². The second-order valence-corrected chi connectivity index (χ2v) is 7.76. The first-order chi connectivity index (χ1) is 13.1. The number of thioether (sulfide) groups is 1. The van der Waals surface area contributed by atoms with Gasteiger partial charge in [0.05, 0.1) is 10.7 Å². The van der Waals surface area contributed by atoms with Crippen molar-refractivity contribution in [1.82, 2.24) is 4.98 Å². The highest BCUT2D eigenvalue weighted by atomic mass is 32.2. The number of nitrogens with zero attached hydrogens (tertiary/aromatic N) is 1. The van der Waals surface area contributed by atoms with Gasteiger partial charge in [-0.2, -0.15) is 0 Å². The maximum atomic E-state index is 12.4. The van der Waals surface area contributed by atoms with Crippen LogP contribution in [0.2, 0.25) is 0 Å². The van der Waals surface area contributed by atoms with Crippen molar-refractivity contribution in [2.45, 2.75) is 17.6 Å². The number of aryl methyl sites for hydroxylation is 1. The van der Waals surface area contributed by atoms with E-state index in [1.807, 2.05) is 31.2 Å². The number of hydrogen-bond donors (Lipinski definition) is 1. The third-order valence-electron chi connectivity index (χ3n) is 3.58. The molecule has 2 aromatic carbocycles. The number of hydrogen-bond acceptors (Lipinski definition) is 5. The third kappa shape index (κ3) is 5.61. The summed E-state index contributed by atoms with van der Waals surface area (Å²) in [5.74, 6) is 3.68. The zero-order valence-electron chi connectivity index (χ0n) is 14.8. The van der Waals surface area contributed by atoms with Crippen LogP contribution in [-0.2, 0) is 5.75 Å². The van der Waals surface area contributed by atoms with E-state index in [0.717, 1.165) is 21.3 Å². The van der Waals surface area contributed by atoms with Crippen LogP contribution in [-0.4, -0.2) is 17.5 Å². The molecule has 27 heavy (non-hydrogen) atoms. The molecule has 0 aliphatic heterocycles. The molecule has 0 atom stereocenters. The molecule has 1 aromatic heterocycles. The molecule has 3 aromatic rings. The first-order valence-corrected chi connectivity index (χ1v) is 10.1. The molecule has 6 heteroatoms. The Bertz CT molecular complexity index is 959. The minimum atomic E-state index is -0.171. The second kappa shape index (κ2) is 9.26. The van der Waals surface area contributed by atoms with Gasteiger partial charge in [-0.05, 0) is 43.3 Å². The lowest BCUT2D eigenvalue weighted by Crippen LogP contribution is -2.11. The van der Waals surface area contributed by atoms with Crippen LogP contribution in [0.15, 0.2) is 58.8 Å². The van der Waals surface area contributed by atoms with E-state index in [2.05, 4.69) is 21.6 Å². The molecule has 0 bridgehead atoms. The van der Waals surface area contributed by atoms with Gasteiger partial charge in [0.2, 0.25) is 0 Å². The number of terminal acetylenes is 1. The Morgan fingerprint density at radius 1 is 1.30 bits per heavy atom. The highest BCUT2D eigenvalue weighted by molar-refractivity contribution is 7.98. The first kappa shape index (κ1) is 19.0. The van der Waals surface area contributed by atoms with E-state index in [-0.39, 0.29) is 12.5 Å². The fraction of sp³-hybridized carbons (Fsp3) is 0.143. The summed E-state index contributed by atoms with van der Waals surface area (Å²) in [6, 6.07) is 14.7. The van der Waals surface area contributed by atoms with Gasteiger partial charge in [-0.3, -0.25) is 4.79 Å². The van der Waals surface area contributed by atoms with Crippen molar-refractivity contribution in [1.29, 1.82) is 0 Å². The van der Waals surface area contributed by atoms with Gasteiger partial charge < -0.3 is 10.1 Å². The van der Waals surface area contributed by atoms with E-state index < -0.39 is 0 Å². The van der Waals surface area contributed by atoms with Gasteiger partial charge in [-0.1, -0.05) is 12.0 Å². The molecule has 0 aliphatic rings. The molecule has 1 heterocycles. The van der Waals surface area contributed by atoms with Gasteiger partial charge in [-0.25, -0.2) is 4.98 Å². The molecule has 0 radical (unpaired) electrons. The Morgan fingerprint density at radius 2 is 2.11 bits per heavy atom. The van der Waals surface area contributed by atoms with Crippen molar-refractivity contribution in [2.24, 2.45) is 0 Å². The van der Waals surface area contributed by atoms with E-state index in [1.54, 1.807) is 47.4 Å². The summed E-state index contributed by atoms with van der Waals surface area (Å²) in [6.07, 6.45) is 5.19. The van der Waals surface area contributed by atoms with Crippen molar-refractivity contribution >= 4 is 34.7 Å². The van der Waals surface area contributed by atoms with Gasteiger partial charge in [0.25, 0.3) is 5.91 Å². The largest absolute Gasteiger partial charge is 0.481 e. The number of carbonyl (C=O) groups excluding carboxylic acids is 1. The SMILES string of the molecule is C#CCOc1cccc(NC(=O)c2ccc(SCc3csc(C)n3)cc2)c1. The molecule has 1 amide bonds. The van der Waals surface area contributed by atoms with Crippen LogP contribution >= 0.6 is 23.1 Å². The molecule has 0 unspecified atom stereocenters. The smallest absolute Gasteiger partial charge is 0.255 e. The number of carbonyl (C=O) groups is 1. The van der Waals surface area contributed by atoms with E-state index in [1.165, 1.54) is 0 Å². The summed E-state index contributed by atoms with van der Waals surface area (Å²) in [5, 5.41) is 6.02. The standard InChI is InChI=1S/C21H18N2O2S2/c1-3-11-25-19-6-4-5-17(12-19)23-21(24)16-7-9-20(10-8-16)27-14-18-13-26-15(2)22-18/h1,4-10,12-13H,11,14H2,2H3,(H,23,24). The van der Waals surface area contributed by atoms with Crippen LogP contribution in [0.5, 0.6) is 5.75 Å².